The van der Waals surface area contributed by atoms with Crippen LogP contribution >= 0.6 is 0 Å². The van der Waals surface area contributed by atoms with Crippen molar-refractivity contribution in [2.24, 2.45) is 5.41 Å². The molecule has 1 fully saturated rings. The van der Waals surface area contributed by atoms with Crippen LogP contribution in [0.15, 0.2) is 0 Å². The molecule has 0 aromatic carbocycles. The molecular formula is C12H26N2. The molecule has 0 aromatic heterocycles. The van der Waals surface area contributed by atoms with E-state index in [2.05, 4.69) is 37.6 Å². The van der Waals surface area contributed by atoms with Crippen LogP contribution in [-0.2, 0) is 0 Å². The monoisotopic (exact) mass is 198 g/mol. The van der Waals surface area contributed by atoms with Crippen molar-refractivity contribution < 1.29 is 0 Å². The molecule has 0 radical (unpaired) electrons. The van der Waals surface area contributed by atoms with Crippen LogP contribution in [0.25, 0.3) is 0 Å². The van der Waals surface area contributed by atoms with Crippen molar-refractivity contribution in [2.45, 2.75) is 33.6 Å². The molecule has 0 saturated carbocycles. The van der Waals surface area contributed by atoms with Crippen LogP contribution in [0.1, 0.15) is 33.6 Å². The van der Waals surface area contributed by atoms with Crippen molar-refractivity contribution in [2.75, 3.05) is 39.8 Å². The van der Waals surface area contributed by atoms with E-state index in [-0.39, 0.29) is 0 Å². The van der Waals surface area contributed by atoms with Crippen LogP contribution in [0.5, 0.6) is 0 Å². The highest BCUT2D eigenvalue weighted by Gasteiger charge is 2.15. The van der Waals surface area contributed by atoms with Crippen LogP contribution < -0.4 is 0 Å². The summed E-state index contributed by atoms with van der Waals surface area (Å²) in [6, 6.07) is 0. The van der Waals surface area contributed by atoms with E-state index in [1.54, 1.807) is 0 Å². The zero-order chi connectivity index (χ0) is 10.6. The maximum Gasteiger partial charge on any atom is 0.0109 e. The van der Waals surface area contributed by atoms with Gasteiger partial charge in [0.2, 0.25) is 0 Å². The van der Waals surface area contributed by atoms with E-state index in [1.165, 1.54) is 45.6 Å². The summed E-state index contributed by atoms with van der Waals surface area (Å²) < 4.78 is 0. The Morgan fingerprint density at radius 2 is 1.71 bits per heavy atom. The Morgan fingerprint density at radius 3 is 2.36 bits per heavy atom. The highest BCUT2D eigenvalue weighted by Crippen LogP contribution is 2.19. The first kappa shape index (κ1) is 12.0. The normalized spacial score (nSPS) is 22.3. The molecule has 1 aliphatic heterocycles. The van der Waals surface area contributed by atoms with Gasteiger partial charge in [-0.05, 0) is 44.9 Å². The Labute approximate surface area is 89.3 Å². The second-order valence-corrected chi connectivity index (χ2v) is 5.81. The van der Waals surface area contributed by atoms with Crippen LogP contribution in [0.2, 0.25) is 0 Å². The predicted octanol–water partition coefficient (Wildman–Crippen LogP) is 2.06. The molecule has 0 bridgehead atoms. The van der Waals surface area contributed by atoms with Gasteiger partial charge in [0.15, 0.2) is 0 Å². The summed E-state index contributed by atoms with van der Waals surface area (Å²) in [6.45, 7) is 13.3. The van der Waals surface area contributed by atoms with Gasteiger partial charge in [-0.3, -0.25) is 0 Å². The first-order valence-corrected chi connectivity index (χ1v) is 5.88. The Bertz CT molecular complexity index is 160. The first-order chi connectivity index (χ1) is 6.47. The Hall–Kier alpha value is -0.0800. The maximum atomic E-state index is 2.62. The molecule has 0 amide bonds. The van der Waals surface area contributed by atoms with Crippen molar-refractivity contribution in [1.82, 2.24) is 9.80 Å². The third kappa shape index (κ3) is 4.97. The molecule has 0 aromatic rings. The highest BCUT2D eigenvalue weighted by molar-refractivity contribution is 4.70. The second kappa shape index (κ2) is 5.13. The molecule has 84 valence electrons. The van der Waals surface area contributed by atoms with Gasteiger partial charge < -0.3 is 9.80 Å². The Balaban J connectivity index is 2.24. The van der Waals surface area contributed by atoms with E-state index in [1.807, 2.05) is 0 Å². The summed E-state index contributed by atoms with van der Waals surface area (Å²) in [5.41, 5.74) is 0.484. The molecule has 2 heteroatoms. The minimum atomic E-state index is 0.484. The SMILES string of the molecule is CN1CCCN(CCC(C)(C)C)CC1. The molecular weight excluding hydrogens is 172 g/mol. The van der Waals surface area contributed by atoms with Gasteiger partial charge in [0.25, 0.3) is 0 Å². The van der Waals surface area contributed by atoms with Crippen LogP contribution in [-0.4, -0.2) is 49.6 Å². The number of rotatable bonds is 2. The fraction of sp³-hybridized carbons (Fsp3) is 1.00. The third-order valence-corrected chi connectivity index (χ3v) is 2.99. The summed E-state index contributed by atoms with van der Waals surface area (Å²) in [5, 5.41) is 0. The number of likely N-dealkylation sites (N-methyl/N-ethyl adjacent to an activating group) is 1. The van der Waals surface area contributed by atoms with Crippen molar-refractivity contribution in [3.63, 3.8) is 0 Å². The fourth-order valence-corrected chi connectivity index (χ4v) is 1.82. The molecule has 14 heavy (non-hydrogen) atoms. The molecule has 0 aliphatic carbocycles. The van der Waals surface area contributed by atoms with Crippen molar-refractivity contribution in [3.8, 4) is 0 Å². The average molecular weight is 198 g/mol. The lowest BCUT2D eigenvalue weighted by Gasteiger charge is -2.25. The van der Waals surface area contributed by atoms with Gasteiger partial charge in [-0.2, -0.15) is 0 Å². The van der Waals surface area contributed by atoms with E-state index >= 15 is 0 Å². The number of hydrogen-bond acceptors (Lipinski definition) is 2. The molecule has 0 spiro atoms. The summed E-state index contributed by atoms with van der Waals surface area (Å²) >= 11 is 0. The molecule has 0 unspecified atom stereocenters. The zero-order valence-corrected chi connectivity index (χ0v) is 10.3. The summed E-state index contributed by atoms with van der Waals surface area (Å²) in [7, 11) is 2.23. The van der Waals surface area contributed by atoms with E-state index in [4.69, 9.17) is 0 Å². The van der Waals surface area contributed by atoms with Gasteiger partial charge in [0.05, 0.1) is 0 Å². The largest absolute Gasteiger partial charge is 0.305 e. The van der Waals surface area contributed by atoms with Gasteiger partial charge in [0.1, 0.15) is 0 Å². The van der Waals surface area contributed by atoms with E-state index in [0.29, 0.717) is 5.41 Å². The molecule has 2 nitrogen and oxygen atoms in total. The lowest BCUT2D eigenvalue weighted by molar-refractivity contribution is 0.232. The standard InChI is InChI=1S/C12H26N2/c1-12(2,3)6-9-14-8-5-7-13(4)10-11-14/h5-11H2,1-4H3. The maximum absolute atomic E-state index is 2.62. The van der Waals surface area contributed by atoms with Gasteiger partial charge in [-0.25, -0.2) is 0 Å². The van der Waals surface area contributed by atoms with Crippen molar-refractivity contribution >= 4 is 0 Å². The van der Waals surface area contributed by atoms with Crippen molar-refractivity contribution in [3.05, 3.63) is 0 Å². The lowest BCUT2D eigenvalue weighted by atomic mass is 9.92. The summed E-state index contributed by atoms with van der Waals surface area (Å²) in [5.74, 6) is 0. The topological polar surface area (TPSA) is 6.48 Å². The predicted molar refractivity (Wildman–Crippen MR) is 62.6 cm³/mol. The summed E-state index contributed by atoms with van der Waals surface area (Å²) in [4.78, 5) is 5.06. The van der Waals surface area contributed by atoms with Crippen LogP contribution in [0.4, 0.5) is 0 Å². The third-order valence-electron chi connectivity index (χ3n) is 2.99. The van der Waals surface area contributed by atoms with Gasteiger partial charge in [-0.15, -0.1) is 0 Å². The average Bonchev–Trinajstić information content (AvgIpc) is 2.25. The van der Waals surface area contributed by atoms with Gasteiger partial charge in [-0.1, -0.05) is 20.8 Å². The second-order valence-electron chi connectivity index (χ2n) is 5.81. The van der Waals surface area contributed by atoms with Crippen molar-refractivity contribution in [1.29, 1.82) is 0 Å². The lowest BCUT2D eigenvalue weighted by Crippen LogP contribution is -2.31. The minimum absolute atomic E-state index is 0.484. The van der Waals surface area contributed by atoms with E-state index < -0.39 is 0 Å². The molecule has 1 aliphatic rings. The Morgan fingerprint density at radius 1 is 1.00 bits per heavy atom. The minimum Gasteiger partial charge on any atom is -0.305 e. The molecule has 0 atom stereocenters. The molecule has 0 N–H and O–H groups in total. The number of hydrogen-bond donors (Lipinski definition) is 0. The number of nitrogens with zero attached hydrogens (tertiary/aromatic N) is 2. The van der Waals surface area contributed by atoms with Gasteiger partial charge >= 0.3 is 0 Å². The Kier molecular flexibility index (Phi) is 4.39. The molecule has 1 rings (SSSR count). The molecule has 1 heterocycles. The first-order valence-electron chi connectivity index (χ1n) is 5.88. The molecule has 1 saturated heterocycles. The smallest absolute Gasteiger partial charge is 0.0109 e. The quantitative estimate of drug-likeness (QED) is 0.670. The van der Waals surface area contributed by atoms with Crippen LogP contribution in [0, 0.1) is 5.41 Å². The highest BCUT2D eigenvalue weighted by atomic mass is 15.2. The fourth-order valence-electron chi connectivity index (χ4n) is 1.82. The van der Waals surface area contributed by atoms with Crippen LogP contribution in [0.3, 0.4) is 0 Å². The summed E-state index contributed by atoms with van der Waals surface area (Å²) in [6.07, 6.45) is 2.65. The van der Waals surface area contributed by atoms with Gasteiger partial charge in [0, 0.05) is 13.1 Å². The zero-order valence-electron chi connectivity index (χ0n) is 10.3. The van der Waals surface area contributed by atoms with E-state index in [9.17, 15) is 0 Å². The van der Waals surface area contributed by atoms with E-state index in [0.717, 1.165) is 0 Å².